The zero-order chi connectivity index (χ0) is 19.6. The van der Waals surface area contributed by atoms with Gasteiger partial charge in [0.05, 0.1) is 16.0 Å². The first-order chi connectivity index (χ1) is 12.7. The molecule has 3 rings (SSSR count). The zero-order valence-corrected chi connectivity index (χ0v) is 17.4. The van der Waals surface area contributed by atoms with Gasteiger partial charge in [-0.05, 0) is 51.7 Å². The molecule has 0 radical (unpaired) electrons. The van der Waals surface area contributed by atoms with E-state index in [0.717, 1.165) is 18.5 Å². The lowest BCUT2D eigenvalue weighted by Gasteiger charge is -2.34. The first kappa shape index (κ1) is 20.1. The van der Waals surface area contributed by atoms with E-state index in [1.54, 1.807) is 16.7 Å². The summed E-state index contributed by atoms with van der Waals surface area (Å²) in [6.45, 7) is 6.83. The average Bonchev–Trinajstić information content (AvgIpc) is 2.96. The second kappa shape index (κ2) is 8.19. The molecule has 0 aliphatic carbocycles. The number of likely N-dealkylation sites (tertiary alicyclic amines) is 1. The Morgan fingerprint density at radius 3 is 2.59 bits per heavy atom. The number of halogens is 1. The lowest BCUT2D eigenvalue weighted by molar-refractivity contribution is -0.121. The number of para-hydroxylation sites is 1. The Balaban J connectivity index is 1.52. The van der Waals surface area contributed by atoms with Crippen LogP contribution in [0.5, 0.6) is 0 Å². The van der Waals surface area contributed by atoms with Gasteiger partial charge < -0.3 is 20.3 Å². The first-order valence-corrected chi connectivity index (χ1v) is 10.5. The minimum atomic E-state index is -0.493. The number of piperidine rings is 1. The highest BCUT2D eigenvalue weighted by molar-refractivity contribution is 8.01. The second-order valence-electron chi connectivity index (χ2n) is 7.87. The van der Waals surface area contributed by atoms with Gasteiger partial charge in [-0.15, -0.1) is 11.8 Å². The second-order valence-corrected chi connectivity index (χ2v) is 9.53. The number of hydrogen-bond acceptors (Lipinski definition) is 5. The SMILES string of the molecule is CC(C)(C)OC(=O)N1CCC(C2SC(Nc3ccccc3Cl)NC2=O)CC1. The van der Waals surface area contributed by atoms with E-state index >= 15 is 0 Å². The molecule has 0 bridgehead atoms. The summed E-state index contributed by atoms with van der Waals surface area (Å²) in [5, 5.41) is 6.77. The van der Waals surface area contributed by atoms with Crippen LogP contribution in [0.25, 0.3) is 0 Å². The van der Waals surface area contributed by atoms with Gasteiger partial charge in [0, 0.05) is 13.1 Å². The van der Waals surface area contributed by atoms with Crippen LogP contribution >= 0.6 is 23.4 Å². The van der Waals surface area contributed by atoms with Crippen molar-refractivity contribution in [2.24, 2.45) is 5.92 Å². The number of nitrogens with one attached hydrogen (secondary N) is 2. The van der Waals surface area contributed by atoms with E-state index in [9.17, 15) is 9.59 Å². The Bertz CT molecular complexity index is 702. The van der Waals surface area contributed by atoms with Crippen molar-refractivity contribution in [3.8, 4) is 0 Å². The van der Waals surface area contributed by atoms with Crippen molar-refractivity contribution in [2.45, 2.75) is 50.0 Å². The zero-order valence-electron chi connectivity index (χ0n) is 15.8. The third-order valence-corrected chi connectivity index (χ3v) is 6.32. The van der Waals surface area contributed by atoms with Crippen molar-refractivity contribution >= 4 is 41.1 Å². The summed E-state index contributed by atoms with van der Waals surface area (Å²) in [6, 6.07) is 7.48. The maximum Gasteiger partial charge on any atom is 0.410 e. The van der Waals surface area contributed by atoms with Crippen LogP contribution in [0.15, 0.2) is 24.3 Å². The third kappa shape index (κ3) is 5.23. The van der Waals surface area contributed by atoms with Gasteiger partial charge in [-0.2, -0.15) is 0 Å². The molecular formula is C19H26ClN3O3S. The van der Waals surface area contributed by atoms with E-state index in [1.807, 2.05) is 45.0 Å². The van der Waals surface area contributed by atoms with Crippen LogP contribution in [0.2, 0.25) is 5.02 Å². The molecule has 148 valence electrons. The predicted octanol–water partition coefficient (Wildman–Crippen LogP) is 3.91. The van der Waals surface area contributed by atoms with Crippen molar-refractivity contribution in [2.75, 3.05) is 18.4 Å². The molecule has 2 N–H and O–H groups in total. The average molecular weight is 412 g/mol. The molecule has 27 heavy (non-hydrogen) atoms. The Kier molecular flexibility index (Phi) is 6.11. The molecule has 2 amide bonds. The van der Waals surface area contributed by atoms with Crippen LogP contribution < -0.4 is 10.6 Å². The molecule has 0 spiro atoms. The summed E-state index contributed by atoms with van der Waals surface area (Å²) in [4.78, 5) is 26.4. The van der Waals surface area contributed by atoms with Crippen LogP contribution in [0.4, 0.5) is 10.5 Å². The van der Waals surface area contributed by atoms with Crippen molar-refractivity contribution < 1.29 is 14.3 Å². The number of thioether (sulfide) groups is 1. The number of benzene rings is 1. The molecule has 2 saturated heterocycles. The predicted molar refractivity (Wildman–Crippen MR) is 109 cm³/mol. The maximum atomic E-state index is 12.5. The van der Waals surface area contributed by atoms with Gasteiger partial charge in [0.2, 0.25) is 5.91 Å². The van der Waals surface area contributed by atoms with E-state index in [2.05, 4.69) is 10.6 Å². The third-order valence-electron chi connectivity index (χ3n) is 4.59. The number of ether oxygens (including phenoxy) is 1. The molecule has 6 nitrogen and oxygen atoms in total. The van der Waals surface area contributed by atoms with Gasteiger partial charge in [-0.3, -0.25) is 4.79 Å². The fourth-order valence-corrected chi connectivity index (χ4v) is 4.83. The van der Waals surface area contributed by atoms with Gasteiger partial charge in [-0.1, -0.05) is 23.7 Å². The molecule has 2 fully saturated rings. The summed E-state index contributed by atoms with van der Waals surface area (Å²) >= 11 is 7.77. The smallest absolute Gasteiger partial charge is 0.410 e. The Morgan fingerprint density at radius 2 is 1.96 bits per heavy atom. The van der Waals surface area contributed by atoms with Crippen molar-refractivity contribution in [1.29, 1.82) is 0 Å². The molecule has 1 aromatic carbocycles. The van der Waals surface area contributed by atoms with Crippen LogP contribution in [0.3, 0.4) is 0 Å². The molecule has 1 aromatic rings. The summed E-state index contributed by atoms with van der Waals surface area (Å²) in [6.07, 6.45) is 1.31. The van der Waals surface area contributed by atoms with Gasteiger partial charge in [0.25, 0.3) is 0 Å². The topological polar surface area (TPSA) is 70.7 Å². The number of anilines is 1. The van der Waals surface area contributed by atoms with E-state index < -0.39 is 5.60 Å². The molecule has 2 aliphatic rings. The number of nitrogens with zero attached hydrogens (tertiary/aromatic N) is 1. The Labute approximate surface area is 169 Å². The fourth-order valence-electron chi connectivity index (χ4n) is 3.28. The number of hydrogen-bond donors (Lipinski definition) is 2. The van der Waals surface area contributed by atoms with Crippen LogP contribution in [-0.2, 0) is 9.53 Å². The minimum absolute atomic E-state index is 0.0419. The molecule has 0 aromatic heterocycles. The van der Waals surface area contributed by atoms with Gasteiger partial charge in [0.15, 0.2) is 0 Å². The van der Waals surface area contributed by atoms with Crippen LogP contribution in [-0.4, -0.2) is 46.3 Å². The number of amides is 2. The van der Waals surface area contributed by atoms with E-state index in [1.165, 1.54) is 0 Å². The van der Waals surface area contributed by atoms with Crippen molar-refractivity contribution in [3.05, 3.63) is 29.3 Å². The van der Waals surface area contributed by atoms with Crippen LogP contribution in [0, 0.1) is 5.92 Å². The number of carbonyl (C=O) groups is 2. The van der Waals surface area contributed by atoms with E-state index in [0.29, 0.717) is 18.1 Å². The van der Waals surface area contributed by atoms with Gasteiger partial charge >= 0.3 is 6.09 Å². The van der Waals surface area contributed by atoms with Crippen LogP contribution in [0.1, 0.15) is 33.6 Å². The highest BCUT2D eigenvalue weighted by Crippen LogP contribution is 2.36. The lowest BCUT2D eigenvalue weighted by atomic mass is 9.93. The summed E-state index contributed by atoms with van der Waals surface area (Å²) < 4.78 is 5.43. The Morgan fingerprint density at radius 1 is 1.30 bits per heavy atom. The number of carbonyl (C=O) groups excluding carboxylic acids is 2. The standard InChI is InChI=1S/C19H26ClN3O3S/c1-19(2,3)26-18(25)23-10-8-12(9-11-23)15-16(24)22-17(27-15)21-14-7-5-4-6-13(14)20/h4-7,12,15,17,21H,8-11H2,1-3H3,(H,22,24). The summed E-state index contributed by atoms with van der Waals surface area (Å²) in [5.41, 5.74) is 0.107. The molecule has 2 heterocycles. The molecule has 2 aliphatic heterocycles. The Hall–Kier alpha value is -1.60. The lowest BCUT2D eigenvalue weighted by Crippen LogP contribution is -2.44. The summed E-state index contributed by atoms with van der Waals surface area (Å²) in [5.74, 6) is 0.284. The molecular weight excluding hydrogens is 386 g/mol. The largest absolute Gasteiger partial charge is 0.444 e. The minimum Gasteiger partial charge on any atom is -0.444 e. The van der Waals surface area contributed by atoms with Crippen molar-refractivity contribution in [3.63, 3.8) is 0 Å². The first-order valence-electron chi connectivity index (χ1n) is 9.18. The van der Waals surface area contributed by atoms with E-state index in [4.69, 9.17) is 16.3 Å². The number of rotatable bonds is 3. The summed E-state index contributed by atoms with van der Waals surface area (Å²) in [7, 11) is 0. The normalized spacial score (nSPS) is 23.9. The molecule has 2 atom stereocenters. The van der Waals surface area contributed by atoms with Gasteiger partial charge in [-0.25, -0.2) is 4.79 Å². The molecule has 2 unspecified atom stereocenters. The van der Waals surface area contributed by atoms with E-state index in [-0.39, 0.29) is 28.7 Å². The van der Waals surface area contributed by atoms with Gasteiger partial charge in [0.1, 0.15) is 11.1 Å². The molecule has 0 saturated carbocycles. The van der Waals surface area contributed by atoms with Crippen molar-refractivity contribution in [1.82, 2.24) is 10.2 Å². The highest BCUT2D eigenvalue weighted by Gasteiger charge is 2.40. The quantitative estimate of drug-likeness (QED) is 0.788. The fraction of sp³-hybridized carbons (Fsp3) is 0.579. The monoisotopic (exact) mass is 411 g/mol. The maximum absolute atomic E-state index is 12.5. The molecule has 8 heteroatoms. The highest BCUT2D eigenvalue weighted by atomic mass is 35.5.